The molecule has 0 atom stereocenters. The van der Waals surface area contributed by atoms with E-state index in [1.807, 2.05) is 6.92 Å². The number of aliphatic imine (C=N–C) groups is 1. The number of guanidine groups is 1. The molecule has 1 amide bonds. The minimum Gasteiger partial charge on any atom is -0.493 e. The molecule has 1 aromatic carbocycles. The number of benzene rings is 1. The van der Waals surface area contributed by atoms with Gasteiger partial charge in [-0.1, -0.05) is 6.07 Å². The average Bonchev–Trinajstić information content (AvgIpc) is 3.47. The van der Waals surface area contributed by atoms with Gasteiger partial charge in [0.25, 0.3) is 0 Å². The van der Waals surface area contributed by atoms with Crippen molar-refractivity contribution in [1.29, 1.82) is 0 Å². The predicted octanol–water partition coefficient (Wildman–Crippen LogP) is 2.46. The minimum absolute atomic E-state index is 0.178. The molecule has 27 heavy (non-hydrogen) atoms. The van der Waals surface area contributed by atoms with E-state index in [-0.39, 0.29) is 11.8 Å². The minimum atomic E-state index is 0.178. The number of aryl methyl sites for hydroxylation is 2. The van der Waals surface area contributed by atoms with Crippen molar-refractivity contribution in [3.8, 4) is 5.75 Å². The summed E-state index contributed by atoms with van der Waals surface area (Å²) >= 11 is 0. The smallest absolute Gasteiger partial charge is 0.223 e. The first-order valence-electron chi connectivity index (χ1n) is 10.0. The molecule has 6 heteroatoms. The van der Waals surface area contributed by atoms with Crippen molar-refractivity contribution in [3.05, 3.63) is 28.8 Å². The number of ether oxygens (including phenoxy) is 1. The molecule has 1 aromatic rings. The summed E-state index contributed by atoms with van der Waals surface area (Å²) in [7, 11) is 0. The maximum Gasteiger partial charge on any atom is 0.223 e. The van der Waals surface area contributed by atoms with E-state index in [0.717, 1.165) is 37.5 Å². The highest BCUT2D eigenvalue weighted by molar-refractivity contribution is 5.81. The molecule has 0 radical (unpaired) electrons. The molecule has 6 nitrogen and oxygen atoms in total. The second-order valence-corrected chi connectivity index (χ2v) is 7.16. The Kier molecular flexibility index (Phi) is 8.43. The summed E-state index contributed by atoms with van der Waals surface area (Å²) in [6, 6.07) is 4.26. The molecule has 1 saturated carbocycles. The highest BCUT2D eigenvalue weighted by Crippen LogP contribution is 2.28. The van der Waals surface area contributed by atoms with E-state index in [1.54, 1.807) is 0 Å². The maximum absolute atomic E-state index is 11.6. The van der Waals surface area contributed by atoms with Crippen molar-refractivity contribution in [1.82, 2.24) is 16.0 Å². The summed E-state index contributed by atoms with van der Waals surface area (Å²) in [6.07, 6.45) is 2.92. The van der Waals surface area contributed by atoms with Gasteiger partial charge in [0.2, 0.25) is 5.91 Å². The molecule has 0 aliphatic heterocycles. The molecule has 1 fully saturated rings. The van der Waals surface area contributed by atoms with E-state index in [1.165, 1.54) is 16.7 Å². The number of nitrogens with zero attached hydrogens (tertiary/aromatic N) is 1. The number of amides is 1. The lowest BCUT2D eigenvalue weighted by Crippen LogP contribution is -2.41. The predicted molar refractivity (Wildman–Crippen MR) is 110 cm³/mol. The molecular weight excluding hydrogens is 340 g/mol. The van der Waals surface area contributed by atoms with Gasteiger partial charge in [-0.2, -0.15) is 0 Å². The van der Waals surface area contributed by atoms with Crippen LogP contribution < -0.4 is 20.7 Å². The van der Waals surface area contributed by atoms with Gasteiger partial charge in [0.05, 0.1) is 6.61 Å². The van der Waals surface area contributed by atoms with Crippen LogP contribution in [0.2, 0.25) is 0 Å². The van der Waals surface area contributed by atoms with Crippen LogP contribution in [-0.2, 0) is 4.79 Å². The molecule has 2 rings (SSSR count). The zero-order valence-corrected chi connectivity index (χ0v) is 17.2. The van der Waals surface area contributed by atoms with Gasteiger partial charge in [-0.15, -0.1) is 0 Å². The van der Waals surface area contributed by atoms with Gasteiger partial charge in [-0.05, 0) is 63.3 Å². The van der Waals surface area contributed by atoms with Gasteiger partial charge in [-0.25, -0.2) is 0 Å². The lowest BCUT2D eigenvalue weighted by atomic mass is 10.1. The van der Waals surface area contributed by atoms with Crippen LogP contribution in [0, 0.1) is 26.7 Å². The van der Waals surface area contributed by atoms with E-state index in [4.69, 9.17) is 4.74 Å². The Morgan fingerprint density at radius 1 is 1.15 bits per heavy atom. The molecule has 150 valence electrons. The number of hydrogen-bond acceptors (Lipinski definition) is 3. The summed E-state index contributed by atoms with van der Waals surface area (Å²) in [5.41, 5.74) is 3.68. The average molecular weight is 375 g/mol. The second kappa shape index (κ2) is 10.8. The van der Waals surface area contributed by atoms with Crippen molar-refractivity contribution >= 4 is 11.9 Å². The Morgan fingerprint density at radius 3 is 2.59 bits per heavy atom. The van der Waals surface area contributed by atoms with Crippen molar-refractivity contribution in [2.75, 3.05) is 32.8 Å². The van der Waals surface area contributed by atoms with Crippen molar-refractivity contribution < 1.29 is 9.53 Å². The Morgan fingerprint density at radius 2 is 1.89 bits per heavy atom. The number of rotatable bonds is 10. The maximum atomic E-state index is 11.6. The Hall–Kier alpha value is -2.24. The quantitative estimate of drug-likeness (QED) is 0.334. The fourth-order valence-electron chi connectivity index (χ4n) is 2.79. The molecule has 0 unspecified atom stereocenters. The van der Waals surface area contributed by atoms with Gasteiger partial charge >= 0.3 is 0 Å². The Bertz CT molecular complexity index is 654. The zero-order valence-electron chi connectivity index (χ0n) is 17.2. The van der Waals surface area contributed by atoms with Crippen LogP contribution in [0.3, 0.4) is 0 Å². The summed E-state index contributed by atoms with van der Waals surface area (Å²) in [6.45, 7) is 11.8. The summed E-state index contributed by atoms with van der Waals surface area (Å²) in [5, 5.41) is 9.42. The Labute approximate surface area is 163 Å². The molecule has 0 bridgehead atoms. The SMILES string of the molecule is CCNC(=NCCCOc1cc(C)cc(C)c1C)NCCNC(=O)C1CC1. The van der Waals surface area contributed by atoms with E-state index in [9.17, 15) is 4.79 Å². The van der Waals surface area contributed by atoms with Crippen LogP contribution >= 0.6 is 0 Å². The zero-order chi connectivity index (χ0) is 19.6. The topological polar surface area (TPSA) is 74.8 Å². The Balaban J connectivity index is 1.67. The van der Waals surface area contributed by atoms with Crippen LogP contribution in [0.15, 0.2) is 17.1 Å². The summed E-state index contributed by atoms with van der Waals surface area (Å²) in [5.74, 6) is 2.18. The van der Waals surface area contributed by atoms with Gasteiger partial charge in [0.1, 0.15) is 5.75 Å². The third kappa shape index (κ3) is 7.49. The monoisotopic (exact) mass is 374 g/mol. The third-order valence-corrected chi connectivity index (χ3v) is 4.60. The van der Waals surface area contributed by atoms with E-state index in [2.05, 4.69) is 53.8 Å². The van der Waals surface area contributed by atoms with Crippen LogP contribution in [-0.4, -0.2) is 44.7 Å². The molecule has 0 aromatic heterocycles. The fraction of sp³-hybridized carbons (Fsp3) is 0.619. The van der Waals surface area contributed by atoms with Crippen molar-refractivity contribution in [2.45, 2.75) is 47.0 Å². The number of hydrogen-bond donors (Lipinski definition) is 3. The standard InChI is InChI=1S/C21H34N4O2/c1-5-22-21(25-11-10-23-20(26)18-7-8-18)24-9-6-12-27-19-14-15(2)13-16(3)17(19)4/h13-14,18H,5-12H2,1-4H3,(H,23,26)(H2,22,24,25). The molecule has 0 spiro atoms. The molecule has 0 saturated heterocycles. The molecular formula is C21H34N4O2. The highest BCUT2D eigenvalue weighted by Gasteiger charge is 2.28. The number of carbonyl (C=O) groups excluding carboxylic acids is 1. The molecule has 0 heterocycles. The van der Waals surface area contributed by atoms with Gasteiger partial charge in [0, 0.05) is 38.5 Å². The van der Waals surface area contributed by atoms with Crippen LogP contribution in [0.1, 0.15) is 42.9 Å². The molecule has 3 N–H and O–H groups in total. The van der Waals surface area contributed by atoms with E-state index >= 15 is 0 Å². The van der Waals surface area contributed by atoms with Crippen molar-refractivity contribution in [3.63, 3.8) is 0 Å². The molecule has 1 aliphatic rings. The van der Waals surface area contributed by atoms with Gasteiger partial charge in [0.15, 0.2) is 5.96 Å². The largest absolute Gasteiger partial charge is 0.493 e. The normalized spacial score (nSPS) is 14.0. The number of nitrogens with one attached hydrogen (secondary N) is 3. The fourth-order valence-corrected chi connectivity index (χ4v) is 2.79. The summed E-state index contributed by atoms with van der Waals surface area (Å²) in [4.78, 5) is 16.2. The third-order valence-electron chi connectivity index (χ3n) is 4.60. The van der Waals surface area contributed by atoms with Crippen LogP contribution in [0.25, 0.3) is 0 Å². The first-order valence-corrected chi connectivity index (χ1v) is 10.0. The van der Waals surface area contributed by atoms with E-state index in [0.29, 0.717) is 26.2 Å². The van der Waals surface area contributed by atoms with Crippen LogP contribution in [0.4, 0.5) is 0 Å². The number of carbonyl (C=O) groups is 1. The first kappa shape index (κ1) is 21.1. The highest BCUT2D eigenvalue weighted by atomic mass is 16.5. The van der Waals surface area contributed by atoms with Crippen LogP contribution in [0.5, 0.6) is 5.75 Å². The van der Waals surface area contributed by atoms with Gasteiger partial charge < -0.3 is 20.7 Å². The van der Waals surface area contributed by atoms with Gasteiger partial charge in [-0.3, -0.25) is 9.79 Å². The second-order valence-electron chi connectivity index (χ2n) is 7.16. The van der Waals surface area contributed by atoms with Crippen molar-refractivity contribution in [2.24, 2.45) is 10.9 Å². The van der Waals surface area contributed by atoms with E-state index < -0.39 is 0 Å². The summed E-state index contributed by atoms with van der Waals surface area (Å²) < 4.78 is 5.94. The first-order chi connectivity index (χ1) is 13.0. The lowest BCUT2D eigenvalue weighted by molar-refractivity contribution is -0.122. The molecule has 1 aliphatic carbocycles. The lowest BCUT2D eigenvalue weighted by Gasteiger charge is -2.13.